The van der Waals surface area contributed by atoms with Crippen LogP contribution < -0.4 is 10.5 Å². The Labute approximate surface area is 105 Å². The number of nitrogen functional groups attached to an aromatic ring is 1. The maximum atomic E-state index is 5.84. The van der Waals surface area contributed by atoms with Gasteiger partial charge in [0.1, 0.15) is 17.1 Å². The van der Waals surface area contributed by atoms with Crippen LogP contribution in [0.5, 0.6) is 11.5 Å². The van der Waals surface area contributed by atoms with E-state index in [0.717, 1.165) is 28.4 Å². The molecular formula is C14H13N3O. The van der Waals surface area contributed by atoms with Gasteiger partial charge < -0.3 is 14.9 Å². The Morgan fingerprint density at radius 1 is 1.22 bits per heavy atom. The molecule has 0 amide bonds. The minimum absolute atomic E-state index is 0.741. The number of anilines is 1. The number of pyridine rings is 1. The maximum Gasteiger partial charge on any atom is 0.144 e. The molecular weight excluding hydrogens is 226 g/mol. The Bertz CT molecular complexity index is 703. The number of hydrogen-bond acceptors (Lipinski definition) is 3. The molecule has 90 valence electrons. The van der Waals surface area contributed by atoms with Gasteiger partial charge in [0.2, 0.25) is 0 Å². The lowest BCUT2D eigenvalue weighted by atomic mass is 10.2. The Morgan fingerprint density at radius 2 is 2.11 bits per heavy atom. The van der Waals surface area contributed by atoms with Crippen molar-refractivity contribution in [2.45, 2.75) is 6.92 Å². The summed E-state index contributed by atoms with van der Waals surface area (Å²) in [6.45, 7) is 1.97. The number of ether oxygens (including phenoxy) is 1. The van der Waals surface area contributed by atoms with Crippen molar-refractivity contribution in [3.8, 4) is 11.5 Å². The van der Waals surface area contributed by atoms with Gasteiger partial charge in [0.25, 0.3) is 0 Å². The average Bonchev–Trinajstić information content (AvgIpc) is 2.80. The molecule has 18 heavy (non-hydrogen) atoms. The molecule has 4 nitrogen and oxygen atoms in total. The first kappa shape index (κ1) is 10.7. The summed E-state index contributed by atoms with van der Waals surface area (Å²) < 4.78 is 7.76. The number of imidazole rings is 1. The molecule has 3 aromatic rings. The molecule has 0 aliphatic heterocycles. The summed E-state index contributed by atoms with van der Waals surface area (Å²) in [6, 6.07) is 9.42. The molecule has 2 heterocycles. The van der Waals surface area contributed by atoms with Crippen LogP contribution in [-0.2, 0) is 0 Å². The van der Waals surface area contributed by atoms with Gasteiger partial charge in [0, 0.05) is 18.1 Å². The molecule has 0 atom stereocenters. The third kappa shape index (κ3) is 1.88. The average molecular weight is 239 g/mol. The van der Waals surface area contributed by atoms with Gasteiger partial charge in [-0.1, -0.05) is 0 Å². The number of aryl methyl sites for hydroxylation is 1. The Balaban J connectivity index is 1.95. The zero-order chi connectivity index (χ0) is 12.5. The molecule has 1 aromatic carbocycles. The number of fused-ring (bicyclic) bond motifs is 1. The number of aromatic nitrogens is 2. The molecule has 2 N–H and O–H groups in total. The molecule has 0 saturated carbocycles. The van der Waals surface area contributed by atoms with Crippen LogP contribution in [0.15, 0.2) is 48.9 Å². The van der Waals surface area contributed by atoms with Crippen LogP contribution in [-0.4, -0.2) is 9.38 Å². The number of benzene rings is 1. The number of rotatable bonds is 2. The zero-order valence-electron chi connectivity index (χ0n) is 10.00. The van der Waals surface area contributed by atoms with Gasteiger partial charge in [0.05, 0.1) is 6.20 Å². The first-order chi connectivity index (χ1) is 8.72. The van der Waals surface area contributed by atoms with Gasteiger partial charge in [-0.25, -0.2) is 4.98 Å². The topological polar surface area (TPSA) is 52.5 Å². The lowest BCUT2D eigenvalue weighted by Gasteiger charge is -2.09. The van der Waals surface area contributed by atoms with E-state index in [1.165, 1.54) is 0 Å². The van der Waals surface area contributed by atoms with Gasteiger partial charge in [-0.3, -0.25) is 0 Å². The second-order valence-electron chi connectivity index (χ2n) is 4.18. The molecule has 0 spiro atoms. The normalized spacial score (nSPS) is 10.7. The largest absolute Gasteiger partial charge is 0.456 e. The van der Waals surface area contributed by atoms with Crippen molar-refractivity contribution in [2.75, 3.05) is 5.73 Å². The van der Waals surface area contributed by atoms with Crippen molar-refractivity contribution >= 4 is 11.3 Å². The molecule has 0 bridgehead atoms. The van der Waals surface area contributed by atoms with Crippen LogP contribution in [0.25, 0.3) is 5.65 Å². The molecule has 0 aliphatic carbocycles. The minimum atomic E-state index is 0.741. The number of nitrogens with two attached hydrogens (primary N) is 1. The minimum Gasteiger partial charge on any atom is -0.456 e. The highest BCUT2D eigenvalue weighted by Gasteiger charge is 2.03. The molecule has 0 radical (unpaired) electrons. The third-order valence-corrected chi connectivity index (χ3v) is 2.79. The van der Waals surface area contributed by atoms with Crippen LogP contribution >= 0.6 is 0 Å². The summed E-state index contributed by atoms with van der Waals surface area (Å²) in [5, 5.41) is 0. The Hall–Kier alpha value is -2.49. The summed E-state index contributed by atoms with van der Waals surface area (Å²) in [5.41, 5.74) is 8.37. The second-order valence-corrected chi connectivity index (χ2v) is 4.18. The smallest absolute Gasteiger partial charge is 0.144 e. The molecule has 2 aromatic heterocycles. The van der Waals surface area contributed by atoms with E-state index in [9.17, 15) is 0 Å². The predicted molar refractivity (Wildman–Crippen MR) is 70.9 cm³/mol. The monoisotopic (exact) mass is 239 g/mol. The highest BCUT2D eigenvalue weighted by atomic mass is 16.5. The highest BCUT2D eigenvalue weighted by molar-refractivity contribution is 5.49. The molecule has 3 rings (SSSR count). The SMILES string of the molecule is Cc1cc(N)ccc1Oc1ccc2nccn2c1. The van der Waals surface area contributed by atoms with E-state index in [-0.39, 0.29) is 0 Å². The van der Waals surface area contributed by atoms with Crippen LogP contribution in [0.1, 0.15) is 5.56 Å². The van der Waals surface area contributed by atoms with E-state index in [4.69, 9.17) is 10.5 Å². The fourth-order valence-electron chi connectivity index (χ4n) is 1.87. The molecule has 0 saturated heterocycles. The standard InChI is InChI=1S/C14H13N3O/c1-10-8-11(15)2-4-13(10)18-12-3-5-14-16-6-7-17(14)9-12/h2-9H,15H2,1H3. The van der Waals surface area contributed by atoms with Crippen LogP contribution in [0.2, 0.25) is 0 Å². The van der Waals surface area contributed by atoms with E-state index in [2.05, 4.69) is 4.98 Å². The van der Waals surface area contributed by atoms with Crippen molar-refractivity contribution < 1.29 is 4.74 Å². The van der Waals surface area contributed by atoms with Crippen molar-refractivity contribution in [3.63, 3.8) is 0 Å². The van der Waals surface area contributed by atoms with Crippen LogP contribution in [0.3, 0.4) is 0 Å². The van der Waals surface area contributed by atoms with E-state index >= 15 is 0 Å². The summed E-state index contributed by atoms with van der Waals surface area (Å²) in [6.07, 6.45) is 5.55. The Kier molecular flexibility index (Phi) is 2.41. The number of nitrogens with zero attached hydrogens (tertiary/aromatic N) is 2. The lowest BCUT2D eigenvalue weighted by molar-refractivity contribution is 0.476. The first-order valence-corrected chi connectivity index (χ1v) is 5.69. The summed E-state index contributed by atoms with van der Waals surface area (Å²) >= 11 is 0. The molecule has 4 heteroatoms. The van der Waals surface area contributed by atoms with Crippen molar-refractivity contribution in [2.24, 2.45) is 0 Å². The second kappa shape index (κ2) is 4.07. The van der Waals surface area contributed by atoms with Crippen molar-refractivity contribution in [1.82, 2.24) is 9.38 Å². The molecule has 0 fully saturated rings. The fourth-order valence-corrected chi connectivity index (χ4v) is 1.87. The first-order valence-electron chi connectivity index (χ1n) is 5.69. The van der Waals surface area contributed by atoms with Gasteiger partial charge >= 0.3 is 0 Å². The quantitative estimate of drug-likeness (QED) is 0.699. The summed E-state index contributed by atoms with van der Waals surface area (Å²) in [5.74, 6) is 1.58. The summed E-state index contributed by atoms with van der Waals surface area (Å²) in [7, 11) is 0. The van der Waals surface area contributed by atoms with Crippen molar-refractivity contribution in [3.05, 3.63) is 54.5 Å². The van der Waals surface area contributed by atoms with Crippen LogP contribution in [0.4, 0.5) is 5.69 Å². The summed E-state index contributed by atoms with van der Waals surface area (Å²) in [4.78, 5) is 4.19. The van der Waals surface area contributed by atoms with E-state index in [1.807, 2.05) is 54.0 Å². The molecule has 0 unspecified atom stereocenters. The Morgan fingerprint density at radius 3 is 2.94 bits per heavy atom. The van der Waals surface area contributed by atoms with Gasteiger partial charge in [-0.05, 0) is 42.8 Å². The fraction of sp³-hybridized carbons (Fsp3) is 0.0714. The lowest BCUT2D eigenvalue weighted by Crippen LogP contribution is -1.92. The highest BCUT2D eigenvalue weighted by Crippen LogP contribution is 2.26. The molecule has 0 aliphatic rings. The van der Waals surface area contributed by atoms with Gasteiger partial charge in [-0.15, -0.1) is 0 Å². The van der Waals surface area contributed by atoms with Gasteiger partial charge in [0.15, 0.2) is 0 Å². The van der Waals surface area contributed by atoms with E-state index in [1.54, 1.807) is 6.20 Å². The van der Waals surface area contributed by atoms with Crippen molar-refractivity contribution in [1.29, 1.82) is 0 Å². The predicted octanol–water partition coefficient (Wildman–Crippen LogP) is 3.02. The van der Waals surface area contributed by atoms with Crippen LogP contribution in [0, 0.1) is 6.92 Å². The van der Waals surface area contributed by atoms with E-state index in [0.29, 0.717) is 0 Å². The van der Waals surface area contributed by atoms with Gasteiger partial charge in [-0.2, -0.15) is 0 Å². The van der Waals surface area contributed by atoms with E-state index < -0.39 is 0 Å². The third-order valence-electron chi connectivity index (χ3n) is 2.79. The number of hydrogen-bond donors (Lipinski definition) is 1. The maximum absolute atomic E-state index is 5.84. The zero-order valence-corrected chi connectivity index (χ0v) is 10.00.